The molecule has 4 rings (SSSR count). The molecule has 2 heterocycles. The van der Waals surface area contributed by atoms with Gasteiger partial charge in [0.25, 0.3) is 5.91 Å². The summed E-state index contributed by atoms with van der Waals surface area (Å²) in [5.74, 6) is -0.0466. The number of hydrogen-bond donors (Lipinski definition) is 2. The predicted molar refractivity (Wildman–Crippen MR) is 79.9 cm³/mol. The molecule has 1 aliphatic carbocycles. The summed E-state index contributed by atoms with van der Waals surface area (Å²) >= 11 is 0. The third-order valence-electron chi connectivity index (χ3n) is 4.07. The minimum Gasteiger partial charge on any atom is -0.347 e. The number of carbonyl (C=O) groups is 1. The van der Waals surface area contributed by atoms with Crippen LogP contribution >= 0.6 is 0 Å². The second kappa shape index (κ2) is 4.70. The molecule has 2 N–H and O–H groups in total. The Morgan fingerprint density at radius 3 is 2.76 bits per heavy atom. The molecule has 1 aromatic carbocycles. The third kappa shape index (κ3) is 2.34. The Labute approximate surface area is 123 Å². The first kappa shape index (κ1) is 12.6. The number of carbonyl (C=O) groups excluding carboxylic acids is 1. The molecule has 1 aromatic heterocycles. The highest BCUT2D eigenvalue weighted by Crippen LogP contribution is 2.26. The molecule has 0 saturated heterocycles. The van der Waals surface area contributed by atoms with Crippen molar-refractivity contribution in [3.05, 3.63) is 41.6 Å². The first-order valence-electron chi connectivity index (χ1n) is 7.41. The van der Waals surface area contributed by atoms with E-state index in [1.165, 1.54) is 18.4 Å². The fraction of sp³-hybridized carbons (Fsp3) is 0.375. The number of benzene rings is 1. The monoisotopic (exact) mass is 282 g/mol. The average Bonchev–Trinajstić information content (AvgIpc) is 3.18. The largest absolute Gasteiger partial charge is 0.347 e. The zero-order chi connectivity index (χ0) is 14.4. The van der Waals surface area contributed by atoms with E-state index < -0.39 is 0 Å². The first-order valence-corrected chi connectivity index (χ1v) is 7.41. The lowest BCUT2D eigenvalue weighted by atomic mass is 10.1. The van der Waals surface area contributed by atoms with E-state index in [4.69, 9.17) is 0 Å². The Morgan fingerprint density at radius 2 is 2.05 bits per heavy atom. The van der Waals surface area contributed by atoms with Crippen molar-refractivity contribution in [1.82, 2.24) is 20.4 Å². The summed E-state index contributed by atoms with van der Waals surface area (Å²) in [4.78, 5) is 12.0. The van der Waals surface area contributed by atoms with Gasteiger partial charge in [0.1, 0.15) is 11.9 Å². The van der Waals surface area contributed by atoms with Crippen LogP contribution < -0.4 is 10.6 Å². The van der Waals surface area contributed by atoms with Crippen molar-refractivity contribution >= 4 is 5.91 Å². The summed E-state index contributed by atoms with van der Waals surface area (Å²) in [6.07, 6.45) is 2.49. The second-order valence-corrected chi connectivity index (χ2v) is 5.89. The number of nitrogens with zero attached hydrogens (tertiary/aromatic N) is 2. The molecule has 1 saturated carbocycles. The van der Waals surface area contributed by atoms with Crippen LogP contribution in [0.25, 0.3) is 11.3 Å². The first-order chi connectivity index (χ1) is 10.2. The van der Waals surface area contributed by atoms with Gasteiger partial charge in [0.05, 0.1) is 12.2 Å². The highest BCUT2D eigenvalue weighted by atomic mass is 16.2. The Morgan fingerprint density at radius 1 is 1.29 bits per heavy atom. The van der Waals surface area contributed by atoms with Crippen molar-refractivity contribution in [2.24, 2.45) is 0 Å². The van der Waals surface area contributed by atoms with Crippen molar-refractivity contribution in [3.63, 3.8) is 0 Å². The van der Waals surface area contributed by atoms with Crippen LogP contribution in [0.15, 0.2) is 30.3 Å². The van der Waals surface area contributed by atoms with Crippen molar-refractivity contribution in [2.75, 3.05) is 6.54 Å². The molecule has 5 heteroatoms. The highest BCUT2D eigenvalue weighted by molar-refractivity contribution is 5.94. The van der Waals surface area contributed by atoms with Gasteiger partial charge in [-0.25, -0.2) is 4.68 Å². The molecule has 0 unspecified atom stereocenters. The molecule has 1 atom stereocenters. The minimum absolute atomic E-state index is 0.0466. The summed E-state index contributed by atoms with van der Waals surface area (Å²) in [5, 5.41) is 11.1. The molecule has 1 aliphatic heterocycles. The fourth-order valence-corrected chi connectivity index (χ4v) is 2.69. The SMILES string of the molecule is Cc1ccc(-c2cc3n(n2)[C@H](NC2CC2)CNC3=O)cc1. The summed E-state index contributed by atoms with van der Waals surface area (Å²) in [6.45, 7) is 2.66. The van der Waals surface area contributed by atoms with Gasteiger partial charge in [-0.1, -0.05) is 29.8 Å². The maximum atomic E-state index is 12.0. The van der Waals surface area contributed by atoms with Crippen LogP contribution in [0, 0.1) is 6.92 Å². The summed E-state index contributed by atoms with van der Waals surface area (Å²) in [7, 11) is 0. The minimum atomic E-state index is -0.0466. The average molecular weight is 282 g/mol. The molecule has 1 fully saturated rings. The second-order valence-electron chi connectivity index (χ2n) is 5.89. The van der Waals surface area contributed by atoms with E-state index in [0.717, 1.165) is 11.3 Å². The van der Waals surface area contributed by atoms with Gasteiger partial charge in [0.15, 0.2) is 0 Å². The van der Waals surface area contributed by atoms with E-state index in [0.29, 0.717) is 18.3 Å². The number of rotatable bonds is 3. The van der Waals surface area contributed by atoms with Crippen LogP contribution in [-0.2, 0) is 0 Å². The van der Waals surface area contributed by atoms with Crippen LogP contribution in [0.4, 0.5) is 0 Å². The molecule has 2 aromatic rings. The number of aryl methyl sites for hydroxylation is 1. The van der Waals surface area contributed by atoms with E-state index in [2.05, 4.69) is 34.8 Å². The third-order valence-corrected chi connectivity index (χ3v) is 4.07. The van der Waals surface area contributed by atoms with Gasteiger partial charge in [-0.3, -0.25) is 10.1 Å². The van der Waals surface area contributed by atoms with Gasteiger partial charge in [0, 0.05) is 11.6 Å². The molecular formula is C16H18N4O. The number of nitrogens with one attached hydrogen (secondary N) is 2. The molecule has 5 nitrogen and oxygen atoms in total. The molecule has 0 radical (unpaired) electrons. The molecule has 0 bridgehead atoms. The molecule has 108 valence electrons. The van der Waals surface area contributed by atoms with E-state index in [1.54, 1.807) is 0 Å². The molecule has 21 heavy (non-hydrogen) atoms. The van der Waals surface area contributed by atoms with Crippen LogP contribution in [0.5, 0.6) is 0 Å². The van der Waals surface area contributed by atoms with Crippen molar-refractivity contribution in [2.45, 2.75) is 32.0 Å². The van der Waals surface area contributed by atoms with Crippen molar-refractivity contribution in [3.8, 4) is 11.3 Å². The summed E-state index contributed by atoms with van der Waals surface area (Å²) in [6, 6.07) is 10.7. The zero-order valence-electron chi connectivity index (χ0n) is 12.0. The van der Waals surface area contributed by atoms with Gasteiger partial charge in [-0.05, 0) is 25.8 Å². The van der Waals surface area contributed by atoms with Crippen LogP contribution in [0.3, 0.4) is 0 Å². The van der Waals surface area contributed by atoms with Crippen molar-refractivity contribution in [1.29, 1.82) is 0 Å². The highest BCUT2D eigenvalue weighted by Gasteiger charge is 2.31. The van der Waals surface area contributed by atoms with E-state index in [-0.39, 0.29) is 12.1 Å². The van der Waals surface area contributed by atoms with Gasteiger partial charge in [-0.15, -0.1) is 0 Å². The quantitative estimate of drug-likeness (QED) is 0.903. The Balaban J connectivity index is 1.71. The van der Waals surface area contributed by atoms with Crippen LogP contribution in [0.1, 0.15) is 35.1 Å². The number of amides is 1. The maximum absolute atomic E-state index is 12.0. The number of hydrogen-bond acceptors (Lipinski definition) is 3. The smallest absolute Gasteiger partial charge is 0.269 e. The van der Waals surface area contributed by atoms with E-state index >= 15 is 0 Å². The standard InChI is InChI=1S/C16H18N4O/c1-10-2-4-11(5-3-10)13-8-14-16(21)17-9-15(20(14)19-13)18-12-6-7-12/h2-5,8,12,15,18H,6-7,9H2,1H3,(H,17,21)/t15-/m0/s1. The topological polar surface area (TPSA) is 59.0 Å². The summed E-state index contributed by atoms with van der Waals surface area (Å²) < 4.78 is 1.84. The summed E-state index contributed by atoms with van der Waals surface area (Å²) in [5.41, 5.74) is 3.74. The Bertz CT molecular complexity index is 685. The van der Waals surface area contributed by atoms with Crippen LogP contribution in [0.2, 0.25) is 0 Å². The lowest BCUT2D eigenvalue weighted by Crippen LogP contribution is -2.45. The van der Waals surface area contributed by atoms with Gasteiger partial charge in [-0.2, -0.15) is 5.10 Å². The number of fused-ring (bicyclic) bond motifs is 1. The lowest BCUT2D eigenvalue weighted by molar-refractivity contribution is 0.0900. The van der Waals surface area contributed by atoms with E-state index in [1.807, 2.05) is 22.9 Å². The normalized spacial score (nSPS) is 21.0. The number of aromatic nitrogens is 2. The molecular weight excluding hydrogens is 264 g/mol. The predicted octanol–water partition coefficient (Wildman–Crippen LogP) is 1.85. The van der Waals surface area contributed by atoms with Gasteiger partial charge in [0.2, 0.25) is 0 Å². The van der Waals surface area contributed by atoms with Crippen molar-refractivity contribution < 1.29 is 4.79 Å². The van der Waals surface area contributed by atoms with Crippen LogP contribution in [-0.4, -0.2) is 28.3 Å². The molecule has 1 amide bonds. The van der Waals surface area contributed by atoms with E-state index in [9.17, 15) is 4.79 Å². The van der Waals surface area contributed by atoms with Gasteiger partial charge < -0.3 is 5.32 Å². The molecule has 0 spiro atoms. The maximum Gasteiger partial charge on any atom is 0.269 e. The lowest BCUT2D eigenvalue weighted by Gasteiger charge is -2.25. The fourth-order valence-electron chi connectivity index (χ4n) is 2.69. The van der Waals surface area contributed by atoms with Gasteiger partial charge >= 0.3 is 0 Å². The Kier molecular flexibility index (Phi) is 2.82. The molecule has 2 aliphatic rings. The zero-order valence-corrected chi connectivity index (χ0v) is 12.0. The Hall–Kier alpha value is -2.14.